The summed E-state index contributed by atoms with van der Waals surface area (Å²) < 4.78 is 5.95. The van der Waals surface area contributed by atoms with Crippen molar-refractivity contribution < 1.29 is 9.21 Å². The van der Waals surface area contributed by atoms with Crippen molar-refractivity contribution in [2.24, 2.45) is 0 Å². The average Bonchev–Trinajstić information content (AvgIpc) is 3.30. The zero-order valence-electron chi connectivity index (χ0n) is 13.7. The van der Waals surface area contributed by atoms with Crippen molar-refractivity contribution in [2.45, 2.75) is 25.3 Å². The Balaban J connectivity index is 1.62. The van der Waals surface area contributed by atoms with Crippen LogP contribution in [0.25, 0.3) is 5.69 Å². The lowest BCUT2D eigenvalue weighted by molar-refractivity contribution is 0.0566. The SMILES string of the molecule is O=C(c1ccc(Br)o1)N1CCCCC1c1nnn(-c2cccc(Cl)c2)n1. The van der Waals surface area contributed by atoms with Crippen LogP contribution in [0.2, 0.25) is 5.02 Å². The number of rotatable bonds is 3. The summed E-state index contributed by atoms with van der Waals surface area (Å²) in [6.45, 7) is 0.632. The number of hydrogen-bond acceptors (Lipinski definition) is 5. The van der Waals surface area contributed by atoms with Gasteiger partial charge < -0.3 is 9.32 Å². The first-order valence-corrected chi connectivity index (χ1v) is 9.41. The number of amides is 1. The minimum atomic E-state index is -0.229. The Bertz CT molecular complexity index is 941. The molecule has 0 saturated carbocycles. The highest BCUT2D eigenvalue weighted by Crippen LogP contribution is 2.31. The summed E-state index contributed by atoms with van der Waals surface area (Å²) in [5.41, 5.74) is 0.722. The zero-order valence-corrected chi connectivity index (χ0v) is 16.0. The van der Waals surface area contributed by atoms with Crippen LogP contribution in [0.15, 0.2) is 45.5 Å². The van der Waals surface area contributed by atoms with Crippen molar-refractivity contribution >= 4 is 33.4 Å². The Morgan fingerprint density at radius 2 is 2.15 bits per heavy atom. The number of tetrazole rings is 1. The van der Waals surface area contributed by atoms with Crippen LogP contribution in [-0.2, 0) is 0 Å². The molecule has 3 heterocycles. The fourth-order valence-electron chi connectivity index (χ4n) is 3.08. The number of furan rings is 1. The maximum absolute atomic E-state index is 12.8. The van der Waals surface area contributed by atoms with Crippen LogP contribution in [0.5, 0.6) is 0 Å². The number of hydrogen-bond donors (Lipinski definition) is 0. The summed E-state index contributed by atoms with van der Waals surface area (Å²) in [5, 5.41) is 13.4. The number of halogens is 2. The molecule has 3 aromatic rings. The average molecular weight is 437 g/mol. The van der Waals surface area contributed by atoms with E-state index in [1.54, 1.807) is 29.2 Å². The van der Waals surface area contributed by atoms with Gasteiger partial charge in [-0.3, -0.25) is 4.79 Å². The van der Waals surface area contributed by atoms with Gasteiger partial charge >= 0.3 is 0 Å². The molecule has 26 heavy (non-hydrogen) atoms. The van der Waals surface area contributed by atoms with Crippen molar-refractivity contribution in [1.82, 2.24) is 25.1 Å². The van der Waals surface area contributed by atoms with E-state index in [9.17, 15) is 4.79 Å². The van der Waals surface area contributed by atoms with Crippen molar-refractivity contribution in [3.05, 3.63) is 57.7 Å². The summed E-state index contributed by atoms with van der Waals surface area (Å²) in [6, 6.07) is 10.4. The standard InChI is InChI=1S/C17H15BrClN5O2/c18-15-8-7-14(26-15)17(25)23-9-2-1-6-13(23)16-20-22-24(21-16)12-5-3-4-11(19)10-12/h3-5,7-8,10,13H,1-2,6,9H2. The minimum absolute atomic E-state index is 0.167. The predicted molar refractivity (Wildman–Crippen MR) is 98.2 cm³/mol. The molecule has 1 fully saturated rings. The van der Waals surface area contributed by atoms with Gasteiger partial charge in [-0.25, -0.2) is 0 Å². The topological polar surface area (TPSA) is 77.0 Å². The predicted octanol–water partition coefficient (Wildman–Crippen LogP) is 4.04. The van der Waals surface area contributed by atoms with Gasteiger partial charge in [-0.1, -0.05) is 17.7 Å². The van der Waals surface area contributed by atoms with Crippen LogP contribution < -0.4 is 0 Å². The van der Waals surface area contributed by atoms with E-state index in [0.29, 0.717) is 27.8 Å². The highest BCUT2D eigenvalue weighted by Gasteiger charge is 2.33. The normalized spacial score (nSPS) is 17.5. The van der Waals surface area contributed by atoms with Gasteiger partial charge in [-0.05, 0) is 70.7 Å². The van der Waals surface area contributed by atoms with Gasteiger partial charge in [-0.2, -0.15) is 0 Å². The Labute approximate surface area is 163 Å². The third-order valence-corrected chi connectivity index (χ3v) is 4.98. The van der Waals surface area contributed by atoms with Crippen LogP contribution >= 0.6 is 27.5 Å². The van der Waals surface area contributed by atoms with E-state index in [-0.39, 0.29) is 11.9 Å². The van der Waals surface area contributed by atoms with Crippen LogP contribution in [0.3, 0.4) is 0 Å². The van der Waals surface area contributed by atoms with E-state index in [1.165, 1.54) is 4.80 Å². The van der Waals surface area contributed by atoms with E-state index < -0.39 is 0 Å². The molecular formula is C17H15BrClN5O2. The van der Waals surface area contributed by atoms with Gasteiger partial charge in [0.15, 0.2) is 16.3 Å². The number of likely N-dealkylation sites (tertiary alicyclic amines) is 1. The Morgan fingerprint density at radius 1 is 1.27 bits per heavy atom. The third kappa shape index (κ3) is 3.39. The Kier molecular flexibility index (Phi) is 4.78. The second-order valence-electron chi connectivity index (χ2n) is 6.03. The van der Waals surface area contributed by atoms with Crippen LogP contribution in [0.4, 0.5) is 0 Å². The molecule has 9 heteroatoms. The van der Waals surface area contributed by atoms with E-state index in [2.05, 4.69) is 31.3 Å². The maximum Gasteiger partial charge on any atom is 0.290 e. The van der Waals surface area contributed by atoms with E-state index in [4.69, 9.17) is 16.0 Å². The van der Waals surface area contributed by atoms with Gasteiger partial charge in [0.1, 0.15) is 0 Å². The fourth-order valence-corrected chi connectivity index (χ4v) is 3.57. The molecule has 1 aromatic carbocycles. The number of piperidine rings is 1. The van der Waals surface area contributed by atoms with Gasteiger partial charge in [0.05, 0.1) is 11.7 Å². The first-order valence-electron chi connectivity index (χ1n) is 8.24. The molecule has 1 unspecified atom stereocenters. The molecule has 1 amide bonds. The second-order valence-corrected chi connectivity index (χ2v) is 7.25. The molecule has 1 aliphatic rings. The third-order valence-electron chi connectivity index (χ3n) is 4.31. The summed E-state index contributed by atoms with van der Waals surface area (Å²) in [5.74, 6) is 0.647. The van der Waals surface area contributed by atoms with E-state index in [0.717, 1.165) is 24.9 Å². The highest BCUT2D eigenvalue weighted by molar-refractivity contribution is 9.10. The second kappa shape index (κ2) is 7.20. The number of benzene rings is 1. The minimum Gasteiger partial charge on any atom is -0.444 e. The van der Waals surface area contributed by atoms with Crippen LogP contribution in [-0.4, -0.2) is 37.6 Å². The molecule has 0 bridgehead atoms. The smallest absolute Gasteiger partial charge is 0.290 e. The van der Waals surface area contributed by atoms with Gasteiger partial charge in [0, 0.05) is 11.6 Å². The number of carbonyl (C=O) groups excluding carboxylic acids is 1. The summed E-state index contributed by atoms with van der Waals surface area (Å²) in [7, 11) is 0. The van der Waals surface area contributed by atoms with Gasteiger partial charge in [0.2, 0.25) is 0 Å². The molecule has 2 aromatic heterocycles. The summed E-state index contributed by atoms with van der Waals surface area (Å²) in [4.78, 5) is 16.0. The molecule has 1 atom stereocenters. The molecule has 0 N–H and O–H groups in total. The molecule has 7 nitrogen and oxygen atoms in total. The van der Waals surface area contributed by atoms with Gasteiger partial charge in [0.25, 0.3) is 5.91 Å². The lowest BCUT2D eigenvalue weighted by Crippen LogP contribution is -2.38. The Hall–Kier alpha value is -2.19. The molecule has 134 valence electrons. The molecular weight excluding hydrogens is 422 g/mol. The molecule has 1 aliphatic heterocycles. The highest BCUT2D eigenvalue weighted by atomic mass is 79.9. The molecule has 0 radical (unpaired) electrons. The molecule has 4 rings (SSSR count). The van der Waals surface area contributed by atoms with Crippen LogP contribution in [0.1, 0.15) is 41.7 Å². The van der Waals surface area contributed by atoms with E-state index in [1.807, 2.05) is 12.1 Å². The van der Waals surface area contributed by atoms with Crippen molar-refractivity contribution in [3.63, 3.8) is 0 Å². The fraction of sp³-hybridized carbons (Fsp3) is 0.294. The Morgan fingerprint density at radius 3 is 2.92 bits per heavy atom. The first kappa shape index (κ1) is 17.2. The zero-order chi connectivity index (χ0) is 18.1. The molecule has 0 spiro atoms. The quantitative estimate of drug-likeness (QED) is 0.619. The summed E-state index contributed by atoms with van der Waals surface area (Å²) in [6.07, 6.45) is 2.73. The summed E-state index contributed by atoms with van der Waals surface area (Å²) >= 11 is 9.26. The van der Waals surface area contributed by atoms with Crippen molar-refractivity contribution in [2.75, 3.05) is 6.54 Å². The number of carbonyl (C=O) groups is 1. The number of aromatic nitrogens is 4. The largest absolute Gasteiger partial charge is 0.444 e. The van der Waals surface area contributed by atoms with Crippen molar-refractivity contribution in [1.29, 1.82) is 0 Å². The van der Waals surface area contributed by atoms with Gasteiger partial charge in [-0.15, -0.1) is 15.0 Å². The maximum atomic E-state index is 12.8. The molecule has 0 aliphatic carbocycles. The van der Waals surface area contributed by atoms with Crippen molar-refractivity contribution in [3.8, 4) is 5.69 Å². The lowest BCUT2D eigenvalue weighted by Gasteiger charge is -2.33. The first-order chi connectivity index (χ1) is 12.6. The number of nitrogens with zero attached hydrogens (tertiary/aromatic N) is 5. The lowest BCUT2D eigenvalue weighted by atomic mass is 10.0. The van der Waals surface area contributed by atoms with E-state index >= 15 is 0 Å². The monoisotopic (exact) mass is 435 g/mol. The molecule has 1 saturated heterocycles. The van der Waals surface area contributed by atoms with Crippen LogP contribution in [0, 0.1) is 0 Å².